The summed E-state index contributed by atoms with van der Waals surface area (Å²) in [5.41, 5.74) is 8.48. The molecule has 4 N–H and O–H groups in total. The van der Waals surface area contributed by atoms with Crippen LogP contribution in [0.5, 0.6) is 0 Å². The minimum Gasteiger partial charge on any atom is -0.399 e. The molecule has 3 aromatic rings. The number of benzene rings is 2. The van der Waals surface area contributed by atoms with Crippen molar-refractivity contribution in [2.75, 3.05) is 32.9 Å². The van der Waals surface area contributed by atoms with Gasteiger partial charge in [-0.2, -0.15) is 13.2 Å². The molecule has 8 heteroatoms. The normalized spacial score (nSPS) is 11.7. The Labute approximate surface area is 172 Å². The van der Waals surface area contributed by atoms with E-state index < -0.39 is 11.7 Å². The number of aromatic nitrogens is 1. The number of anilines is 1. The SMILES string of the molecule is CN(C)CCNC(=O)c1c[nH]c(-c2ccc(C(F)(F)F)cc2)c1-c1ccc(N)cc1. The van der Waals surface area contributed by atoms with Gasteiger partial charge in [-0.3, -0.25) is 4.79 Å². The molecule has 0 spiro atoms. The summed E-state index contributed by atoms with van der Waals surface area (Å²) in [4.78, 5) is 17.8. The molecule has 5 nitrogen and oxygen atoms in total. The van der Waals surface area contributed by atoms with Crippen LogP contribution < -0.4 is 11.1 Å². The van der Waals surface area contributed by atoms with Crippen LogP contribution in [0, 0.1) is 0 Å². The molecule has 0 atom stereocenters. The highest BCUT2D eigenvalue weighted by atomic mass is 19.4. The summed E-state index contributed by atoms with van der Waals surface area (Å²) in [5, 5.41) is 2.87. The summed E-state index contributed by atoms with van der Waals surface area (Å²) in [5.74, 6) is -0.266. The van der Waals surface area contributed by atoms with Gasteiger partial charge in [-0.1, -0.05) is 24.3 Å². The zero-order chi connectivity index (χ0) is 21.9. The number of nitrogen functional groups attached to an aromatic ring is 1. The lowest BCUT2D eigenvalue weighted by molar-refractivity contribution is -0.137. The standard InChI is InChI=1S/C22H23F3N4O/c1-29(2)12-11-27-21(30)18-13-28-20(19(18)14-5-9-17(26)10-6-14)15-3-7-16(8-4-15)22(23,24)25/h3-10,13,28H,11-12,26H2,1-2H3,(H,27,30). The van der Waals surface area contributed by atoms with Crippen molar-refractivity contribution >= 4 is 11.6 Å². The fourth-order valence-corrected chi connectivity index (χ4v) is 3.09. The van der Waals surface area contributed by atoms with Gasteiger partial charge in [0.1, 0.15) is 0 Å². The van der Waals surface area contributed by atoms with Crippen molar-refractivity contribution in [3.63, 3.8) is 0 Å². The fraction of sp³-hybridized carbons (Fsp3) is 0.227. The van der Waals surface area contributed by atoms with Gasteiger partial charge in [0.15, 0.2) is 0 Å². The van der Waals surface area contributed by atoms with Crippen molar-refractivity contribution < 1.29 is 18.0 Å². The highest BCUT2D eigenvalue weighted by molar-refractivity contribution is 6.04. The predicted molar refractivity (Wildman–Crippen MR) is 112 cm³/mol. The molecule has 0 aliphatic rings. The van der Waals surface area contributed by atoms with Gasteiger partial charge in [0.25, 0.3) is 5.91 Å². The van der Waals surface area contributed by atoms with Crippen molar-refractivity contribution in [1.29, 1.82) is 0 Å². The summed E-state index contributed by atoms with van der Waals surface area (Å²) in [6.45, 7) is 1.15. The first-order valence-electron chi connectivity index (χ1n) is 9.34. The molecular weight excluding hydrogens is 393 g/mol. The van der Waals surface area contributed by atoms with E-state index in [0.29, 0.717) is 41.2 Å². The van der Waals surface area contributed by atoms with Crippen LogP contribution in [0.25, 0.3) is 22.4 Å². The molecule has 0 unspecified atom stereocenters. The van der Waals surface area contributed by atoms with Gasteiger partial charge in [0, 0.05) is 30.5 Å². The second kappa shape index (κ2) is 8.62. The number of hydrogen-bond donors (Lipinski definition) is 3. The van der Waals surface area contributed by atoms with Crippen LogP contribution in [0.4, 0.5) is 18.9 Å². The van der Waals surface area contributed by atoms with Crippen LogP contribution >= 0.6 is 0 Å². The van der Waals surface area contributed by atoms with Crippen LogP contribution in [0.2, 0.25) is 0 Å². The van der Waals surface area contributed by atoms with E-state index in [-0.39, 0.29) is 5.91 Å². The molecular formula is C22H23F3N4O. The van der Waals surface area contributed by atoms with Gasteiger partial charge in [-0.05, 0) is 49.5 Å². The van der Waals surface area contributed by atoms with E-state index in [4.69, 9.17) is 5.73 Å². The molecule has 1 amide bonds. The maximum absolute atomic E-state index is 12.9. The summed E-state index contributed by atoms with van der Waals surface area (Å²) < 4.78 is 38.7. The number of hydrogen-bond acceptors (Lipinski definition) is 3. The van der Waals surface area contributed by atoms with Crippen molar-refractivity contribution in [2.45, 2.75) is 6.18 Å². The maximum Gasteiger partial charge on any atom is 0.416 e. The first kappa shape index (κ1) is 21.4. The second-order valence-electron chi connectivity index (χ2n) is 7.21. The molecule has 0 aliphatic heterocycles. The van der Waals surface area contributed by atoms with E-state index >= 15 is 0 Å². The lowest BCUT2D eigenvalue weighted by atomic mass is 9.96. The number of carbonyl (C=O) groups is 1. The number of nitrogens with zero attached hydrogens (tertiary/aromatic N) is 1. The van der Waals surface area contributed by atoms with Gasteiger partial charge < -0.3 is 20.9 Å². The molecule has 0 aliphatic carbocycles. The fourth-order valence-electron chi connectivity index (χ4n) is 3.09. The first-order chi connectivity index (χ1) is 14.2. The van der Waals surface area contributed by atoms with Gasteiger partial charge in [0.05, 0.1) is 16.8 Å². The quantitative estimate of drug-likeness (QED) is 0.526. The van der Waals surface area contributed by atoms with Crippen LogP contribution in [0.3, 0.4) is 0 Å². The summed E-state index contributed by atoms with van der Waals surface area (Å²) in [6, 6.07) is 11.8. The van der Waals surface area contributed by atoms with E-state index in [9.17, 15) is 18.0 Å². The predicted octanol–water partition coefficient (Wildman–Crippen LogP) is 4.24. The monoisotopic (exact) mass is 416 g/mol. The number of rotatable bonds is 6. The van der Waals surface area contributed by atoms with Crippen molar-refractivity contribution in [1.82, 2.24) is 15.2 Å². The van der Waals surface area contributed by atoms with Gasteiger partial charge >= 0.3 is 6.18 Å². The molecule has 30 heavy (non-hydrogen) atoms. The van der Waals surface area contributed by atoms with Gasteiger partial charge in [-0.15, -0.1) is 0 Å². The van der Waals surface area contributed by atoms with Crippen LogP contribution in [0.15, 0.2) is 54.7 Å². The van der Waals surface area contributed by atoms with E-state index in [1.807, 2.05) is 19.0 Å². The number of nitrogens with two attached hydrogens (primary N) is 1. The average Bonchev–Trinajstić information content (AvgIpc) is 3.13. The minimum absolute atomic E-state index is 0.266. The number of amides is 1. The Morgan fingerprint density at radius 3 is 2.20 bits per heavy atom. The highest BCUT2D eigenvalue weighted by Gasteiger charge is 2.30. The molecule has 158 valence electrons. The lowest BCUT2D eigenvalue weighted by Gasteiger charge is -2.12. The summed E-state index contributed by atoms with van der Waals surface area (Å²) in [7, 11) is 3.82. The Morgan fingerprint density at radius 2 is 1.63 bits per heavy atom. The number of likely N-dealkylation sites (N-methyl/N-ethyl adjacent to an activating group) is 1. The van der Waals surface area contributed by atoms with Crippen molar-refractivity contribution in [3.8, 4) is 22.4 Å². The highest BCUT2D eigenvalue weighted by Crippen LogP contribution is 2.36. The van der Waals surface area contributed by atoms with Gasteiger partial charge in [-0.25, -0.2) is 0 Å². The summed E-state index contributed by atoms with van der Waals surface area (Å²) in [6.07, 6.45) is -2.84. The van der Waals surface area contributed by atoms with Gasteiger partial charge in [0.2, 0.25) is 0 Å². The minimum atomic E-state index is -4.41. The number of carbonyl (C=O) groups excluding carboxylic acids is 1. The van der Waals surface area contributed by atoms with Crippen molar-refractivity contribution in [3.05, 3.63) is 65.9 Å². The molecule has 2 aromatic carbocycles. The molecule has 1 aromatic heterocycles. The number of alkyl halides is 3. The molecule has 0 saturated heterocycles. The molecule has 3 rings (SSSR count). The summed E-state index contributed by atoms with van der Waals surface area (Å²) >= 11 is 0. The largest absolute Gasteiger partial charge is 0.416 e. The number of aromatic amines is 1. The number of nitrogens with one attached hydrogen (secondary N) is 2. The Balaban J connectivity index is 2.02. The Kier molecular flexibility index (Phi) is 6.17. The molecule has 1 heterocycles. The van der Waals surface area contributed by atoms with Crippen LogP contribution in [-0.2, 0) is 6.18 Å². The average molecular weight is 416 g/mol. The third kappa shape index (κ3) is 4.83. The van der Waals surface area contributed by atoms with Crippen molar-refractivity contribution in [2.24, 2.45) is 0 Å². The second-order valence-corrected chi connectivity index (χ2v) is 7.21. The third-order valence-electron chi connectivity index (χ3n) is 4.67. The van der Waals surface area contributed by atoms with E-state index in [1.165, 1.54) is 12.1 Å². The van der Waals surface area contributed by atoms with E-state index in [1.54, 1.807) is 30.5 Å². The smallest absolute Gasteiger partial charge is 0.399 e. The third-order valence-corrected chi connectivity index (χ3v) is 4.67. The number of halogens is 3. The molecule has 0 bridgehead atoms. The lowest BCUT2D eigenvalue weighted by Crippen LogP contribution is -2.31. The Bertz CT molecular complexity index is 1010. The molecule has 0 radical (unpaired) electrons. The molecule has 0 fully saturated rings. The van der Waals surface area contributed by atoms with E-state index in [2.05, 4.69) is 10.3 Å². The Hall–Kier alpha value is -3.26. The zero-order valence-corrected chi connectivity index (χ0v) is 16.7. The molecule has 0 saturated carbocycles. The Morgan fingerprint density at radius 1 is 1.03 bits per heavy atom. The maximum atomic E-state index is 12.9. The first-order valence-corrected chi connectivity index (χ1v) is 9.34. The zero-order valence-electron chi connectivity index (χ0n) is 16.7. The number of H-pyrrole nitrogens is 1. The van der Waals surface area contributed by atoms with E-state index in [0.717, 1.165) is 17.7 Å². The van der Waals surface area contributed by atoms with Crippen LogP contribution in [-0.4, -0.2) is 43.0 Å². The topological polar surface area (TPSA) is 74.2 Å². The van der Waals surface area contributed by atoms with Crippen LogP contribution in [0.1, 0.15) is 15.9 Å².